The summed E-state index contributed by atoms with van der Waals surface area (Å²) in [6.45, 7) is -0.880. The molecule has 0 bridgehead atoms. The number of hydrogen-bond acceptors (Lipinski definition) is 5. The normalized spacial score (nSPS) is 21.5. The van der Waals surface area contributed by atoms with E-state index in [1.54, 1.807) is 0 Å². The minimum absolute atomic E-state index is 0.0442. The number of carbonyl (C=O) groups excluding carboxylic acids is 2. The summed E-state index contributed by atoms with van der Waals surface area (Å²) in [6.07, 6.45) is -5.32. The maximum Gasteiger partial charge on any atom is 0.416 e. The molecule has 8 nitrogen and oxygen atoms in total. The quantitative estimate of drug-likeness (QED) is 0.569. The first-order chi connectivity index (χ1) is 16.9. The van der Waals surface area contributed by atoms with Gasteiger partial charge in [-0.1, -0.05) is 17.7 Å². The largest absolute Gasteiger partial charge is 0.496 e. The van der Waals surface area contributed by atoms with Crippen molar-refractivity contribution in [3.05, 3.63) is 58.1 Å². The molecule has 2 atom stereocenters. The Morgan fingerprint density at radius 1 is 1.19 bits per heavy atom. The highest BCUT2D eigenvalue weighted by Crippen LogP contribution is 2.51. The monoisotopic (exact) mass is 530 g/mol. The van der Waals surface area contributed by atoms with Gasteiger partial charge in [-0.15, -0.1) is 0 Å². The molecule has 1 saturated heterocycles. The second-order valence-electron chi connectivity index (χ2n) is 8.19. The summed E-state index contributed by atoms with van der Waals surface area (Å²) < 4.78 is 67.2. The molecule has 2 aromatic carbocycles. The summed E-state index contributed by atoms with van der Waals surface area (Å²) in [7, 11) is 1.22. The lowest BCUT2D eigenvalue weighted by Crippen LogP contribution is -2.44. The van der Waals surface area contributed by atoms with E-state index in [0.29, 0.717) is 23.5 Å². The highest BCUT2D eigenvalue weighted by atomic mass is 35.5. The van der Waals surface area contributed by atoms with Crippen LogP contribution in [0.4, 0.5) is 28.0 Å². The number of alkyl halides is 4. The topological polar surface area (TPSA) is 96.4 Å². The Labute approximate surface area is 206 Å². The van der Waals surface area contributed by atoms with Crippen LogP contribution in [-0.2, 0) is 26.2 Å². The van der Waals surface area contributed by atoms with E-state index >= 15 is 4.39 Å². The number of methoxy groups -OCH3 is 1. The highest BCUT2D eigenvalue weighted by molar-refractivity contribution is 6.30. The summed E-state index contributed by atoms with van der Waals surface area (Å²) in [6, 6.07) is 4.71. The molecule has 2 aromatic rings. The van der Waals surface area contributed by atoms with Gasteiger partial charge in [0.25, 0.3) is 5.91 Å². The van der Waals surface area contributed by atoms with Crippen LogP contribution in [0.5, 0.6) is 5.75 Å². The molecule has 13 heteroatoms. The zero-order valence-electron chi connectivity index (χ0n) is 18.6. The van der Waals surface area contributed by atoms with Gasteiger partial charge in [0.1, 0.15) is 11.8 Å². The first-order valence-electron chi connectivity index (χ1n) is 10.6. The zero-order chi connectivity index (χ0) is 26.4. The van der Waals surface area contributed by atoms with Crippen LogP contribution < -0.4 is 9.64 Å². The van der Waals surface area contributed by atoms with E-state index in [0.717, 1.165) is 17.0 Å². The van der Waals surface area contributed by atoms with Crippen molar-refractivity contribution in [2.45, 2.75) is 30.7 Å². The predicted octanol–water partition coefficient (Wildman–Crippen LogP) is 4.57. The number of amides is 2. The fraction of sp³-hybridized carbons (Fsp3) is 0.348. The summed E-state index contributed by atoms with van der Waals surface area (Å²) in [5.74, 6) is -2.67. The highest BCUT2D eigenvalue weighted by Gasteiger charge is 2.55. The molecule has 2 heterocycles. The molecule has 0 radical (unpaired) electrons. The Bertz CT molecular complexity index is 1240. The van der Waals surface area contributed by atoms with Crippen molar-refractivity contribution in [2.75, 3.05) is 25.3 Å². The molecule has 0 spiro atoms. The van der Waals surface area contributed by atoms with Gasteiger partial charge in [0.05, 0.1) is 18.4 Å². The molecule has 2 aliphatic rings. The number of benzene rings is 2. The SMILES string of the molecule is COc1ccc(Cl)cc1[C@]1(F)C(=O)N(COC(=O)N2CCC[C@H]2C(=O)O)c2cc(C(F)(F)F)ccc21. The van der Waals surface area contributed by atoms with Gasteiger partial charge < -0.3 is 14.6 Å². The van der Waals surface area contributed by atoms with Crippen LogP contribution >= 0.6 is 11.6 Å². The number of rotatable bonds is 5. The summed E-state index contributed by atoms with van der Waals surface area (Å²) in [5, 5.41) is 9.31. The van der Waals surface area contributed by atoms with Crippen LogP contribution in [0.25, 0.3) is 0 Å². The standard InChI is InChI=1S/C23H19ClF4N2O6/c1-35-18-7-5-13(24)10-15(18)22(25)14-6-4-12(23(26,27)28)9-17(14)30(20(22)33)11-36-21(34)29-8-2-3-16(29)19(31)32/h4-7,9-10,16H,2-3,8,11H2,1H3,(H,31,32)/t16-,22-/m0/s1. The van der Waals surface area contributed by atoms with Crippen LogP contribution in [0.15, 0.2) is 36.4 Å². The van der Waals surface area contributed by atoms with Gasteiger partial charge in [-0.3, -0.25) is 14.6 Å². The molecule has 1 fully saturated rings. The molecule has 4 rings (SSSR count). The molecule has 2 amide bonds. The number of hydrogen-bond donors (Lipinski definition) is 1. The van der Waals surface area contributed by atoms with Gasteiger partial charge in [-0.05, 0) is 43.2 Å². The number of carboxylic acid groups (broad SMARTS) is 1. The van der Waals surface area contributed by atoms with E-state index in [9.17, 15) is 32.7 Å². The number of carbonyl (C=O) groups is 3. The van der Waals surface area contributed by atoms with Crippen molar-refractivity contribution >= 4 is 35.3 Å². The van der Waals surface area contributed by atoms with Crippen LogP contribution in [0.2, 0.25) is 5.02 Å². The van der Waals surface area contributed by atoms with E-state index in [2.05, 4.69) is 0 Å². The van der Waals surface area contributed by atoms with Crippen molar-refractivity contribution in [3.8, 4) is 5.75 Å². The number of fused-ring (bicyclic) bond motifs is 1. The minimum Gasteiger partial charge on any atom is -0.496 e. The Morgan fingerprint density at radius 2 is 1.92 bits per heavy atom. The molecule has 36 heavy (non-hydrogen) atoms. The Balaban J connectivity index is 1.75. The number of ether oxygens (including phenoxy) is 2. The number of likely N-dealkylation sites (tertiary alicyclic amines) is 1. The number of anilines is 1. The second kappa shape index (κ2) is 9.16. The molecular formula is C23H19ClF4N2O6. The second-order valence-corrected chi connectivity index (χ2v) is 8.63. The summed E-state index contributed by atoms with van der Waals surface area (Å²) >= 11 is 6.01. The fourth-order valence-electron chi connectivity index (χ4n) is 4.42. The maximum atomic E-state index is 16.7. The van der Waals surface area contributed by atoms with Crippen LogP contribution in [-0.4, -0.2) is 54.4 Å². The van der Waals surface area contributed by atoms with Gasteiger partial charge in [0.15, 0.2) is 6.73 Å². The summed E-state index contributed by atoms with van der Waals surface area (Å²) in [4.78, 5) is 38.8. The molecule has 2 aliphatic heterocycles. The third-order valence-corrected chi connectivity index (χ3v) is 6.38. The lowest BCUT2D eigenvalue weighted by molar-refractivity contribution is -0.141. The van der Waals surface area contributed by atoms with Crippen molar-refractivity contribution in [1.29, 1.82) is 0 Å². The average molecular weight is 531 g/mol. The zero-order valence-corrected chi connectivity index (χ0v) is 19.4. The molecule has 0 unspecified atom stereocenters. The number of aliphatic carboxylic acids is 1. The van der Waals surface area contributed by atoms with Crippen LogP contribution in [0.3, 0.4) is 0 Å². The summed E-state index contributed by atoms with van der Waals surface area (Å²) in [5.41, 5.74) is -5.41. The van der Waals surface area contributed by atoms with Gasteiger partial charge in [-0.25, -0.2) is 14.0 Å². The molecule has 192 valence electrons. The third kappa shape index (κ3) is 4.19. The number of nitrogens with zero attached hydrogens (tertiary/aromatic N) is 2. The van der Waals surface area contributed by atoms with Gasteiger partial charge in [0, 0.05) is 22.7 Å². The minimum atomic E-state index is -4.81. The van der Waals surface area contributed by atoms with E-state index in [4.69, 9.17) is 21.1 Å². The van der Waals surface area contributed by atoms with E-state index in [1.165, 1.54) is 19.2 Å². The molecule has 0 saturated carbocycles. The lowest BCUT2D eigenvalue weighted by Gasteiger charge is -2.25. The molecular weight excluding hydrogens is 512 g/mol. The van der Waals surface area contributed by atoms with Crippen molar-refractivity contribution in [3.63, 3.8) is 0 Å². The van der Waals surface area contributed by atoms with Gasteiger partial charge >= 0.3 is 18.2 Å². The smallest absolute Gasteiger partial charge is 0.416 e. The van der Waals surface area contributed by atoms with E-state index in [-0.39, 0.29) is 29.3 Å². The third-order valence-electron chi connectivity index (χ3n) is 6.15. The number of halogens is 5. The van der Waals surface area contributed by atoms with E-state index < -0.39 is 59.4 Å². The Kier molecular flexibility index (Phi) is 6.50. The van der Waals surface area contributed by atoms with Crippen LogP contribution in [0.1, 0.15) is 29.5 Å². The van der Waals surface area contributed by atoms with Gasteiger partial charge in [0.2, 0.25) is 5.67 Å². The molecule has 1 N–H and O–H groups in total. The van der Waals surface area contributed by atoms with Crippen molar-refractivity contribution in [1.82, 2.24) is 4.90 Å². The van der Waals surface area contributed by atoms with Crippen molar-refractivity contribution in [2.24, 2.45) is 0 Å². The average Bonchev–Trinajstić information content (AvgIpc) is 3.40. The Morgan fingerprint density at radius 3 is 2.56 bits per heavy atom. The number of carboxylic acids is 1. The van der Waals surface area contributed by atoms with E-state index in [1.807, 2.05) is 0 Å². The first-order valence-corrected chi connectivity index (χ1v) is 11.0. The van der Waals surface area contributed by atoms with Gasteiger partial charge in [-0.2, -0.15) is 13.2 Å². The first kappa shape index (κ1) is 25.5. The molecule has 0 aromatic heterocycles. The van der Waals surface area contributed by atoms with Crippen LogP contribution in [0, 0.1) is 0 Å². The lowest BCUT2D eigenvalue weighted by atomic mass is 9.88. The molecule has 0 aliphatic carbocycles. The predicted molar refractivity (Wildman–Crippen MR) is 118 cm³/mol. The fourth-order valence-corrected chi connectivity index (χ4v) is 4.59. The maximum absolute atomic E-state index is 16.7. The van der Waals surface area contributed by atoms with Crippen molar-refractivity contribution < 1.29 is 46.5 Å². The Hall–Kier alpha value is -3.54.